The fourth-order valence-electron chi connectivity index (χ4n) is 4.97. The highest BCUT2D eigenvalue weighted by Gasteiger charge is 2.34. The molecule has 0 heterocycles. The van der Waals surface area contributed by atoms with Gasteiger partial charge < -0.3 is 15.0 Å². The van der Waals surface area contributed by atoms with E-state index in [-0.39, 0.29) is 23.8 Å². The van der Waals surface area contributed by atoms with Crippen LogP contribution in [0, 0.1) is 6.92 Å². The Morgan fingerprint density at radius 1 is 0.889 bits per heavy atom. The third-order valence-corrected chi connectivity index (χ3v) is 10.0. The van der Waals surface area contributed by atoms with E-state index in [2.05, 4.69) is 5.32 Å². The van der Waals surface area contributed by atoms with Gasteiger partial charge in [0.2, 0.25) is 11.8 Å². The number of ether oxygens (including phenoxy) is 1. The second-order valence-electron chi connectivity index (χ2n) is 10.4. The first kappa shape index (κ1) is 33.6. The number of likely N-dealkylation sites (N-methyl/N-ethyl adjacent to an activating group) is 1. The molecule has 0 radical (unpaired) electrons. The zero-order valence-electron chi connectivity index (χ0n) is 26.0. The lowest BCUT2D eigenvalue weighted by atomic mass is 10.0. The first-order valence-electron chi connectivity index (χ1n) is 14.7. The van der Waals surface area contributed by atoms with E-state index in [0.717, 1.165) is 25.9 Å². The summed E-state index contributed by atoms with van der Waals surface area (Å²) in [6.07, 6.45) is 2.17. The molecule has 1 atom stereocenters. The monoisotopic (exact) mass is 645 g/mol. The summed E-state index contributed by atoms with van der Waals surface area (Å²) in [4.78, 5) is 30.3. The van der Waals surface area contributed by atoms with Crippen LogP contribution < -0.4 is 14.4 Å². The summed E-state index contributed by atoms with van der Waals surface area (Å²) in [7, 11) is -2.66. The lowest BCUT2D eigenvalue weighted by Crippen LogP contribution is -2.53. The van der Waals surface area contributed by atoms with Crippen molar-refractivity contribution in [1.82, 2.24) is 10.2 Å². The maximum absolute atomic E-state index is 14.5. The van der Waals surface area contributed by atoms with Crippen LogP contribution in [0.5, 0.6) is 5.75 Å². The predicted molar refractivity (Wildman–Crippen MR) is 180 cm³/mol. The van der Waals surface area contributed by atoms with E-state index in [4.69, 9.17) is 4.74 Å². The van der Waals surface area contributed by atoms with Gasteiger partial charge in [0.05, 0.1) is 17.2 Å². The van der Waals surface area contributed by atoms with Crippen molar-refractivity contribution < 1.29 is 22.7 Å². The molecule has 0 unspecified atom stereocenters. The molecule has 1 N–H and O–H groups in total. The van der Waals surface area contributed by atoms with E-state index >= 15 is 0 Å². The Morgan fingerprint density at radius 2 is 1.53 bits per heavy atom. The lowest BCUT2D eigenvalue weighted by Gasteiger charge is -2.34. The predicted octanol–water partition coefficient (Wildman–Crippen LogP) is 5.70. The van der Waals surface area contributed by atoms with Gasteiger partial charge in [0.1, 0.15) is 18.3 Å². The third kappa shape index (κ3) is 8.46. The lowest BCUT2D eigenvalue weighted by molar-refractivity contribution is -0.139. The van der Waals surface area contributed by atoms with Gasteiger partial charge in [-0.25, -0.2) is 8.42 Å². The Hall–Kier alpha value is -4.28. The van der Waals surface area contributed by atoms with Crippen molar-refractivity contribution in [3.8, 4) is 5.75 Å². The second kappa shape index (κ2) is 15.6. The number of rotatable bonds is 14. The van der Waals surface area contributed by atoms with Gasteiger partial charge >= 0.3 is 0 Å². The average molecular weight is 646 g/mol. The molecule has 2 amide bonds. The fourth-order valence-corrected chi connectivity index (χ4v) is 6.79. The number of amides is 2. The Balaban J connectivity index is 1.79. The van der Waals surface area contributed by atoms with Crippen molar-refractivity contribution in [2.45, 2.75) is 42.6 Å². The summed E-state index contributed by atoms with van der Waals surface area (Å²) in [6.45, 7) is 3.87. The summed E-state index contributed by atoms with van der Waals surface area (Å²) < 4.78 is 35.1. The molecular weight excluding hydrogens is 607 g/mol. The average Bonchev–Trinajstić information content (AvgIpc) is 3.06. The van der Waals surface area contributed by atoms with E-state index < -0.39 is 28.5 Å². The summed E-state index contributed by atoms with van der Waals surface area (Å²) in [5.41, 5.74) is 2.99. The first-order chi connectivity index (χ1) is 21.7. The molecule has 0 bridgehead atoms. The number of carbonyl (C=O) groups excluding carboxylic acids is 2. The van der Waals surface area contributed by atoms with Crippen LogP contribution in [0.1, 0.15) is 23.6 Å². The van der Waals surface area contributed by atoms with E-state index in [0.29, 0.717) is 18.0 Å². The zero-order chi connectivity index (χ0) is 32.4. The molecule has 4 aromatic carbocycles. The highest BCUT2D eigenvalue weighted by Crippen LogP contribution is 2.28. The van der Waals surface area contributed by atoms with Gasteiger partial charge in [-0.1, -0.05) is 54.6 Å². The standard InChI is InChI=1S/C35H39N3O5S2/c1-5-43-30-17-15-29(16-18-30)38(45(41,42)32-21-19-31(44-4)20-22-32)25-34(39)37(24-28-14-10-9-11-26(28)2)33(35(40)36-3)23-27-12-7-6-8-13-27/h6-22,33H,5,23-25H2,1-4H3,(H,36,40)/t33-/m1/s1. The van der Waals surface area contributed by atoms with Gasteiger partial charge in [0.25, 0.3) is 10.0 Å². The number of benzene rings is 4. The molecule has 8 nitrogen and oxygen atoms in total. The second-order valence-corrected chi connectivity index (χ2v) is 13.1. The van der Waals surface area contributed by atoms with Crippen LogP contribution in [0.25, 0.3) is 0 Å². The molecule has 236 valence electrons. The van der Waals surface area contributed by atoms with Crippen LogP contribution in [-0.2, 0) is 32.6 Å². The van der Waals surface area contributed by atoms with E-state index in [1.54, 1.807) is 48.5 Å². The fraction of sp³-hybridized carbons (Fsp3) is 0.257. The number of sulfonamides is 1. The van der Waals surface area contributed by atoms with Crippen LogP contribution in [0.2, 0.25) is 0 Å². The van der Waals surface area contributed by atoms with Crippen molar-refractivity contribution in [3.05, 3.63) is 120 Å². The highest BCUT2D eigenvalue weighted by atomic mass is 32.2. The van der Waals surface area contributed by atoms with Gasteiger partial charge in [-0.05, 0) is 85.3 Å². The van der Waals surface area contributed by atoms with Crippen molar-refractivity contribution >= 4 is 39.3 Å². The highest BCUT2D eigenvalue weighted by molar-refractivity contribution is 7.98. The van der Waals surface area contributed by atoms with Gasteiger partial charge in [0, 0.05) is 24.9 Å². The number of hydrogen-bond donors (Lipinski definition) is 1. The molecule has 0 spiro atoms. The van der Waals surface area contributed by atoms with E-state index in [1.807, 2.05) is 74.7 Å². The molecule has 10 heteroatoms. The van der Waals surface area contributed by atoms with Crippen LogP contribution in [0.3, 0.4) is 0 Å². The number of hydrogen-bond acceptors (Lipinski definition) is 6. The van der Waals surface area contributed by atoms with Crippen molar-refractivity contribution in [1.29, 1.82) is 0 Å². The first-order valence-corrected chi connectivity index (χ1v) is 17.3. The SMILES string of the molecule is CCOc1ccc(N(CC(=O)N(Cc2ccccc2C)[C@H](Cc2ccccc2)C(=O)NC)S(=O)(=O)c2ccc(SC)cc2)cc1. The summed E-state index contributed by atoms with van der Waals surface area (Å²) >= 11 is 1.50. The van der Waals surface area contributed by atoms with Gasteiger partial charge in [-0.3, -0.25) is 13.9 Å². The van der Waals surface area contributed by atoms with Crippen LogP contribution in [0.15, 0.2) is 113 Å². The maximum Gasteiger partial charge on any atom is 0.264 e. The Bertz CT molecular complexity index is 1680. The molecule has 0 saturated heterocycles. The molecule has 0 aliphatic rings. The zero-order valence-corrected chi connectivity index (χ0v) is 27.6. The van der Waals surface area contributed by atoms with Crippen molar-refractivity contribution in [2.24, 2.45) is 0 Å². The van der Waals surface area contributed by atoms with E-state index in [1.165, 1.54) is 23.7 Å². The summed E-state index contributed by atoms with van der Waals surface area (Å²) in [6, 6.07) is 29.4. The normalized spacial score (nSPS) is 11.8. The van der Waals surface area contributed by atoms with E-state index in [9.17, 15) is 18.0 Å². The largest absolute Gasteiger partial charge is 0.494 e. The van der Waals surface area contributed by atoms with Gasteiger partial charge in [0.15, 0.2) is 0 Å². The van der Waals surface area contributed by atoms with Crippen molar-refractivity contribution in [2.75, 3.05) is 30.8 Å². The summed E-state index contributed by atoms with van der Waals surface area (Å²) in [5, 5.41) is 2.71. The number of carbonyl (C=O) groups is 2. The number of aryl methyl sites for hydroxylation is 1. The third-order valence-electron chi connectivity index (χ3n) is 7.48. The Labute approximate surface area is 270 Å². The Morgan fingerprint density at radius 3 is 2.13 bits per heavy atom. The minimum atomic E-state index is -4.19. The smallest absolute Gasteiger partial charge is 0.264 e. The van der Waals surface area contributed by atoms with Crippen molar-refractivity contribution in [3.63, 3.8) is 0 Å². The molecular formula is C35H39N3O5S2. The molecule has 4 rings (SSSR count). The number of thioether (sulfide) groups is 1. The number of nitrogens with zero attached hydrogens (tertiary/aromatic N) is 2. The van der Waals surface area contributed by atoms with Gasteiger partial charge in [-0.2, -0.15) is 0 Å². The molecule has 0 aromatic heterocycles. The quantitative estimate of drug-likeness (QED) is 0.177. The Kier molecular flexibility index (Phi) is 11.7. The molecule has 0 aliphatic carbocycles. The molecule has 45 heavy (non-hydrogen) atoms. The maximum atomic E-state index is 14.5. The molecule has 4 aromatic rings. The van der Waals surface area contributed by atoms with Crippen LogP contribution in [-0.4, -0.2) is 57.6 Å². The molecule has 0 saturated carbocycles. The number of anilines is 1. The minimum Gasteiger partial charge on any atom is -0.494 e. The summed E-state index contributed by atoms with van der Waals surface area (Å²) in [5.74, 6) is -0.275. The molecule has 0 aliphatic heterocycles. The number of nitrogens with one attached hydrogen (secondary N) is 1. The van der Waals surface area contributed by atoms with Crippen LogP contribution in [0.4, 0.5) is 5.69 Å². The van der Waals surface area contributed by atoms with Crippen LogP contribution >= 0.6 is 11.8 Å². The minimum absolute atomic E-state index is 0.0552. The van der Waals surface area contributed by atoms with Gasteiger partial charge in [-0.15, -0.1) is 11.8 Å². The molecule has 0 fully saturated rings. The topological polar surface area (TPSA) is 96.0 Å².